The fourth-order valence-corrected chi connectivity index (χ4v) is 1.69. The molecule has 15 heavy (non-hydrogen) atoms. The molecule has 0 atom stereocenters. The zero-order valence-corrected chi connectivity index (χ0v) is 8.74. The Hall–Kier alpha value is -1.76. The van der Waals surface area contributed by atoms with Crippen molar-refractivity contribution in [2.45, 2.75) is 6.92 Å². The van der Waals surface area contributed by atoms with E-state index in [-0.39, 0.29) is 5.69 Å². The molecule has 0 bridgehead atoms. The molecule has 78 valence electrons. The lowest BCUT2D eigenvalue weighted by Gasteiger charge is -1.98. The average Bonchev–Trinajstić information content (AvgIpc) is 2.88. The van der Waals surface area contributed by atoms with Crippen molar-refractivity contribution in [1.29, 1.82) is 0 Å². The summed E-state index contributed by atoms with van der Waals surface area (Å²) in [6.07, 6.45) is 1.63. The molecular weight excluding hydrogens is 216 g/mol. The third-order valence-corrected chi connectivity index (χ3v) is 2.46. The van der Waals surface area contributed by atoms with Crippen molar-refractivity contribution in [3.05, 3.63) is 17.4 Å². The van der Waals surface area contributed by atoms with Gasteiger partial charge in [0.15, 0.2) is 5.69 Å². The highest BCUT2D eigenvalue weighted by atomic mass is 32.1. The predicted molar refractivity (Wildman–Crippen MR) is 53.4 cm³/mol. The van der Waals surface area contributed by atoms with E-state index in [1.165, 1.54) is 11.3 Å². The maximum Gasteiger partial charge on any atom is 0.361 e. The van der Waals surface area contributed by atoms with Gasteiger partial charge in [-0.25, -0.2) is 4.79 Å². The second-order valence-electron chi connectivity index (χ2n) is 2.61. The lowest BCUT2D eigenvalue weighted by molar-refractivity contribution is 0.0520. The molecule has 0 saturated heterocycles. The van der Waals surface area contributed by atoms with Gasteiger partial charge in [0.05, 0.1) is 17.0 Å². The average molecular weight is 224 g/mol. The second-order valence-corrected chi connectivity index (χ2v) is 3.49. The van der Waals surface area contributed by atoms with Crippen molar-refractivity contribution >= 4 is 17.3 Å². The lowest BCUT2D eigenvalue weighted by atomic mass is 10.3. The van der Waals surface area contributed by atoms with Gasteiger partial charge in [0.25, 0.3) is 0 Å². The molecule has 2 aromatic rings. The highest BCUT2D eigenvalue weighted by Crippen LogP contribution is 2.23. The summed E-state index contributed by atoms with van der Waals surface area (Å²) < 4.78 is 4.85. The van der Waals surface area contributed by atoms with Crippen LogP contribution in [0.15, 0.2) is 11.7 Å². The van der Waals surface area contributed by atoms with Gasteiger partial charge in [0.1, 0.15) is 5.69 Å². The van der Waals surface area contributed by atoms with Crippen molar-refractivity contribution in [3.8, 4) is 10.6 Å². The van der Waals surface area contributed by atoms with E-state index in [0.717, 1.165) is 4.88 Å². The van der Waals surface area contributed by atoms with Gasteiger partial charge < -0.3 is 4.74 Å². The topological polar surface area (TPSA) is 80.8 Å². The Morgan fingerprint density at radius 2 is 2.47 bits per heavy atom. The fraction of sp³-hybridized carbons (Fsp3) is 0.250. The number of rotatable bonds is 3. The number of carbonyl (C=O) groups excluding carboxylic acids is 1. The summed E-state index contributed by atoms with van der Waals surface area (Å²) in [5.41, 5.74) is 2.34. The van der Waals surface area contributed by atoms with Gasteiger partial charge >= 0.3 is 5.97 Å². The molecule has 0 aromatic carbocycles. The molecule has 6 nitrogen and oxygen atoms in total. The Kier molecular flexibility index (Phi) is 2.72. The standard InChI is InChI=1S/C8H8N4O2S/c1-2-14-8(13)7-6(10-12-11-7)5-3-9-4-15-5/h3-4H,2H2,1H3,(H,10,11,12). The predicted octanol–water partition coefficient (Wildman–Crippen LogP) is 1.10. The Balaban J connectivity index is 2.34. The van der Waals surface area contributed by atoms with Crippen molar-refractivity contribution in [3.63, 3.8) is 0 Å². The summed E-state index contributed by atoms with van der Waals surface area (Å²) in [6, 6.07) is 0. The van der Waals surface area contributed by atoms with Crippen LogP contribution in [0.5, 0.6) is 0 Å². The van der Waals surface area contributed by atoms with Crippen molar-refractivity contribution in [2.75, 3.05) is 6.61 Å². The Labute approximate surface area is 89.3 Å². The maximum atomic E-state index is 11.5. The Bertz CT molecular complexity index is 451. The van der Waals surface area contributed by atoms with E-state index >= 15 is 0 Å². The molecule has 2 heterocycles. The van der Waals surface area contributed by atoms with Crippen molar-refractivity contribution in [1.82, 2.24) is 20.4 Å². The molecule has 0 aliphatic rings. The lowest BCUT2D eigenvalue weighted by Crippen LogP contribution is -2.06. The first-order valence-corrected chi connectivity index (χ1v) is 5.17. The molecule has 0 saturated carbocycles. The van der Waals surface area contributed by atoms with Gasteiger partial charge in [-0.3, -0.25) is 4.98 Å². The third-order valence-electron chi connectivity index (χ3n) is 1.68. The number of hydrogen-bond acceptors (Lipinski definition) is 6. The van der Waals surface area contributed by atoms with E-state index in [1.54, 1.807) is 18.6 Å². The molecule has 0 radical (unpaired) electrons. The number of aromatic amines is 1. The first kappa shape index (κ1) is 9.78. The first-order valence-electron chi connectivity index (χ1n) is 4.29. The van der Waals surface area contributed by atoms with Crippen LogP contribution in [0.4, 0.5) is 0 Å². The van der Waals surface area contributed by atoms with Gasteiger partial charge in [-0.2, -0.15) is 10.3 Å². The fourth-order valence-electron chi connectivity index (χ4n) is 1.08. The van der Waals surface area contributed by atoms with Crippen molar-refractivity contribution in [2.24, 2.45) is 0 Å². The molecule has 0 fully saturated rings. The van der Waals surface area contributed by atoms with Crippen LogP contribution in [0.25, 0.3) is 10.6 Å². The number of aromatic nitrogens is 4. The largest absolute Gasteiger partial charge is 0.461 e. The monoisotopic (exact) mass is 224 g/mol. The molecule has 1 N–H and O–H groups in total. The number of ether oxygens (including phenoxy) is 1. The third kappa shape index (κ3) is 1.86. The van der Waals surface area contributed by atoms with E-state index in [4.69, 9.17) is 4.74 Å². The van der Waals surface area contributed by atoms with E-state index in [1.807, 2.05) is 0 Å². The zero-order chi connectivity index (χ0) is 10.7. The van der Waals surface area contributed by atoms with Crippen LogP contribution in [-0.4, -0.2) is 33.0 Å². The molecule has 2 rings (SSSR count). The molecule has 0 aliphatic carbocycles. The molecule has 2 aromatic heterocycles. The van der Waals surface area contributed by atoms with Gasteiger partial charge in [-0.05, 0) is 6.92 Å². The van der Waals surface area contributed by atoms with E-state index in [0.29, 0.717) is 12.3 Å². The SMILES string of the molecule is CCOC(=O)c1n[nH]nc1-c1cncs1. The Morgan fingerprint density at radius 3 is 3.13 bits per heavy atom. The second kappa shape index (κ2) is 4.18. The molecular formula is C8H8N4O2S. The van der Waals surface area contributed by atoms with Crippen LogP contribution in [0.1, 0.15) is 17.4 Å². The Morgan fingerprint density at radius 1 is 1.60 bits per heavy atom. The van der Waals surface area contributed by atoms with Crippen LogP contribution in [0.2, 0.25) is 0 Å². The molecule has 0 amide bonds. The number of carbonyl (C=O) groups is 1. The summed E-state index contributed by atoms with van der Waals surface area (Å²) >= 11 is 1.39. The zero-order valence-electron chi connectivity index (χ0n) is 7.93. The number of hydrogen-bond donors (Lipinski definition) is 1. The summed E-state index contributed by atoms with van der Waals surface area (Å²) in [4.78, 5) is 16.2. The van der Waals surface area contributed by atoms with E-state index in [2.05, 4.69) is 20.4 Å². The quantitative estimate of drug-likeness (QED) is 0.790. The van der Waals surface area contributed by atoms with Gasteiger partial charge in [-0.15, -0.1) is 16.4 Å². The maximum absolute atomic E-state index is 11.5. The van der Waals surface area contributed by atoms with Crippen molar-refractivity contribution < 1.29 is 9.53 Å². The molecule has 7 heteroatoms. The number of nitrogens with one attached hydrogen (secondary N) is 1. The highest BCUT2D eigenvalue weighted by molar-refractivity contribution is 7.13. The van der Waals surface area contributed by atoms with Crippen LogP contribution >= 0.6 is 11.3 Å². The smallest absolute Gasteiger partial charge is 0.361 e. The van der Waals surface area contributed by atoms with Crippen LogP contribution in [0, 0.1) is 0 Å². The summed E-state index contributed by atoms with van der Waals surface area (Å²) in [7, 11) is 0. The van der Waals surface area contributed by atoms with Gasteiger partial charge in [-0.1, -0.05) is 0 Å². The molecule has 0 unspecified atom stereocenters. The summed E-state index contributed by atoms with van der Waals surface area (Å²) in [5, 5.41) is 10.1. The minimum absolute atomic E-state index is 0.195. The molecule has 0 aliphatic heterocycles. The van der Waals surface area contributed by atoms with Gasteiger partial charge in [0, 0.05) is 6.20 Å². The summed E-state index contributed by atoms with van der Waals surface area (Å²) in [6.45, 7) is 2.05. The van der Waals surface area contributed by atoms with Gasteiger partial charge in [0.2, 0.25) is 0 Å². The van der Waals surface area contributed by atoms with Crippen LogP contribution in [0.3, 0.4) is 0 Å². The van der Waals surface area contributed by atoms with E-state index in [9.17, 15) is 4.79 Å². The molecule has 0 spiro atoms. The minimum Gasteiger partial charge on any atom is -0.461 e. The number of H-pyrrole nitrogens is 1. The van der Waals surface area contributed by atoms with E-state index < -0.39 is 5.97 Å². The highest BCUT2D eigenvalue weighted by Gasteiger charge is 2.19. The number of esters is 1. The van der Waals surface area contributed by atoms with Crippen LogP contribution < -0.4 is 0 Å². The normalized spacial score (nSPS) is 10.2. The number of nitrogens with zero attached hydrogens (tertiary/aromatic N) is 3. The minimum atomic E-state index is -0.477. The first-order chi connectivity index (χ1) is 7.33. The number of thiazole rings is 1. The summed E-state index contributed by atoms with van der Waals surface area (Å²) in [5.74, 6) is -0.477. The van der Waals surface area contributed by atoms with Crippen LogP contribution in [-0.2, 0) is 4.74 Å².